The van der Waals surface area contributed by atoms with Crippen molar-refractivity contribution in [3.05, 3.63) is 71.5 Å². The van der Waals surface area contributed by atoms with Gasteiger partial charge in [-0.3, -0.25) is 9.59 Å². The number of aliphatic carboxylic acids is 1. The Morgan fingerprint density at radius 1 is 1.08 bits per heavy atom. The third-order valence-electron chi connectivity index (χ3n) is 4.61. The Morgan fingerprint density at radius 3 is 2.27 bits per heavy atom. The lowest BCUT2D eigenvalue weighted by atomic mass is 9.80. The van der Waals surface area contributed by atoms with Gasteiger partial charge in [-0.2, -0.15) is 0 Å². The predicted octanol–water partition coefficient (Wildman–Crippen LogP) is 3.87. The number of carboxylic acid groups (broad SMARTS) is 1. The maximum atomic E-state index is 13.0. The minimum Gasteiger partial charge on any atom is -0.481 e. The van der Waals surface area contributed by atoms with Gasteiger partial charge in [0, 0.05) is 13.0 Å². The number of carbonyl (C=O) groups excluding carboxylic acids is 1. The van der Waals surface area contributed by atoms with Crippen molar-refractivity contribution in [3.63, 3.8) is 0 Å². The van der Waals surface area contributed by atoms with Crippen LogP contribution in [0, 0.1) is 5.82 Å². The summed E-state index contributed by atoms with van der Waals surface area (Å²) in [5.74, 6) is -2.57. The first-order valence-electron chi connectivity index (χ1n) is 8.60. The van der Waals surface area contributed by atoms with Crippen LogP contribution >= 0.6 is 0 Å². The van der Waals surface area contributed by atoms with Gasteiger partial charge in [-0.15, -0.1) is 0 Å². The SMILES string of the molecule is CC(C)(CCC(=O)NCC(C(=O)O)c1ccc(F)cc1)c1ccccc1. The van der Waals surface area contributed by atoms with Crippen molar-refractivity contribution < 1.29 is 19.1 Å². The second-order valence-electron chi connectivity index (χ2n) is 7.00. The van der Waals surface area contributed by atoms with Crippen molar-refractivity contribution in [2.24, 2.45) is 0 Å². The molecule has 2 rings (SSSR count). The van der Waals surface area contributed by atoms with Crippen LogP contribution in [0.4, 0.5) is 4.39 Å². The van der Waals surface area contributed by atoms with Gasteiger partial charge in [0.1, 0.15) is 5.82 Å². The summed E-state index contributed by atoms with van der Waals surface area (Å²) in [6, 6.07) is 15.3. The molecule has 2 aromatic rings. The lowest BCUT2D eigenvalue weighted by molar-refractivity contribution is -0.138. The van der Waals surface area contributed by atoms with Crippen molar-refractivity contribution in [2.45, 2.75) is 38.0 Å². The Kier molecular flexibility index (Phi) is 6.50. The minimum atomic E-state index is -1.05. The van der Waals surface area contributed by atoms with Crippen LogP contribution in [0.15, 0.2) is 54.6 Å². The van der Waals surface area contributed by atoms with Gasteiger partial charge >= 0.3 is 5.97 Å². The van der Waals surface area contributed by atoms with E-state index in [0.29, 0.717) is 18.4 Å². The third kappa shape index (κ3) is 5.41. The summed E-state index contributed by atoms with van der Waals surface area (Å²) >= 11 is 0. The lowest BCUT2D eigenvalue weighted by Crippen LogP contribution is -2.32. The van der Waals surface area contributed by atoms with Gasteiger partial charge in [-0.1, -0.05) is 56.3 Å². The van der Waals surface area contributed by atoms with Crippen LogP contribution in [0.3, 0.4) is 0 Å². The second kappa shape index (κ2) is 8.61. The number of nitrogens with one attached hydrogen (secondary N) is 1. The van der Waals surface area contributed by atoms with Gasteiger partial charge in [0.05, 0.1) is 5.92 Å². The van der Waals surface area contributed by atoms with Crippen LogP contribution < -0.4 is 5.32 Å². The number of carbonyl (C=O) groups is 2. The normalized spacial score (nSPS) is 12.4. The van der Waals surface area contributed by atoms with Gasteiger partial charge in [-0.25, -0.2) is 4.39 Å². The Morgan fingerprint density at radius 2 is 1.69 bits per heavy atom. The molecule has 0 radical (unpaired) electrons. The Labute approximate surface area is 153 Å². The zero-order valence-electron chi connectivity index (χ0n) is 15.0. The molecule has 138 valence electrons. The molecule has 2 aromatic carbocycles. The van der Waals surface area contributed by atoms with Gasteiger partial charge < -0.3 is 10.4 Å². The largest absolute Gasteiger partial charge is 0.481 e. The molecule has 0 aliphatic heterocycles. The molecular formula is C21H24FNO3. The Balaban J connectivity index is 1.90. The van der Waals surface area contributed by atoms with Crippen LogP contribution in [0.1, 0.15) is 43.7 Å². The molecular weight excluding hydrogens is 333 g/mol. The maximum Gasteiger partial charge on any atom is 0.312 e. The summed E-state index contributed by atoms with van der Waals surface area (Å²) in [7, 11) is 0. The van der Waals surface area contributed by atoms with E-state index in [0.717, 1.165) is 5.56 Å². The summed E-state index contributed by atoms with van der Waals surface area (Å²) in [5.41, 5.74) is 1.47. The predicted molar refractivity (Wildman–Crippen MR) is 98.5 cm³/mol. The van der Waals surface area contributed by atoms with Crippen molar-refractivity contribution >= 4 is 11.9 Å². The molecule has 0 saturated carbocycles. The van der Waals surface area contributed by atoms with E-state index >= 15 is 0 Å². The first-order chi connectivity index (χ1) is 12.3. The van der Waals surface area contributed by atoms with Crippen molar-refractivity contribution in [1.82, 2.24) is 5.32 Å². The summed E-state index contributed by atoms with van der Waals surface area (Å²) in [6.45, 7) is 4.13. The number of halogens is 1. The highest BCUT2D eigenvalue weighted by Gasteiger charge is 2.23. The summed E-state index contributed by atoms with van der Waals surface area (Å²) in [5, 5.41) is 12.1. The van der Waals surface area contributed by atoms with Crippen LogP contribution in [-0.4, -0.2) is 23.5 Å². The molecule has 0 fully saturated rings. The molecule has 4 nitrogen and oxygen atoms in total. The topological polar surface area (TPSA) is 66.4 Å². The third-order valence-corrected chi connectivity index (χ3v) is 4.61. The van der Waals surface area contributed by atoms with Crippen molar-refractivity contribution in [1.29, 1.82) is 0 Å². The quantitative estimate of drug-likeness (QED) is 0.754. The molecule has 5 heteroatoms. The van der Waals surface area contributed by atoms with Gasteiger partial charge in [0.15, 0.2) is 0 Å². The number of hydrogen-bond donors (Lipinski definition) is 2. The van der Waals surface area contributed by atoms with E-state index in [1.54, 1.807) is 0 Å². The zero-order chi connectivity index (χ0) is 19.2. The molecule has 0 saturated heterocycles. The highest BCUT2D eigenvalue weighted by atomic mass is 19.1. The van der Waals surface area contributed by atoms with Crippen LogP contribution in [0.5, 0.6) is 0 Å². The number of benzene rings is 2. The van der Waals surface area contributed by atoms with E-state index in [2.05, 4.69) is 19.2 Å². The van der Waals surface area contributed by atoms with Gasteiger partial charge in [-0.05, 0) is 35.1 Å². The molecule has 0 spiro atoms. The number of carboxylic acids is 1. The van der Waals surface area contributed by atoms with E-state index in [4.69, 9.17) is 0 Å². The van der Waals surface area contributed by atoms with Crippen LogP contribution in [0.2, 0.25) is 0 Å². The highest BCUT2D eigenvalue weighted by molar-refractivity contribution is 5.79. The molecule has 1 unspecified atom stereocenters. The smallest absolute Gasteiger partial charge is 0.312 e. The molecule has 1 atom stereocenters. The standard InChI is InChI=1S/C21H24FNO3/c1-21(2,16-6-4-3-5-7-16)13-12-19(24)23-14-18(20(25)26)15-8-10-17(22)11-9-15/h3-11,18H,12-14H2,1-2H3,(H,23,24)(H,25,26). The summed E-state index contributed by atoms with van der Waals surface area (Å²) in [4.78, 5) is 23.6. The maximum absolute atomic E-state index is 13.0. The Bertz CT molecular complexity index is 742. The van der Waals surface area contributed by atoms with E-state index in [9.17, 15) is 19.1 Å². The van der Waals surface area contributed by atoms with Crippen molar-refractivity contribution in [3.8, 4) is 0 Å². The van der Waals surface area contributed by atoms with E-state index in [-0.39, 0.29) is 17.9 Å². The van der Waals surface area contributed by atoms with Crippen LogP contribution in [-0.2, 0) is 15.0 Å². The first kappa shape index (κ1) is 19.6. The summed E-state index contributed by atoms with van der Waals surface area (Å²) in [6.07, 6.45) is 0.953. The minimum absolute atomic E-state index is 0.0223. The second-order valence-corrected chi connectivity index (χ2v) is 7.00. The lowest BCUT2D eigenvalue weighted by Gasteiger charge is -2.25. The Hall–Kier alpha value is -2.69. The van der Waals surface area contributed by atoms with Crippen molar-refractivity contribution in [2.75, 3.05) is 6.54 Å². The molecule has 26 heavy (non-hydrogen) atoms. The first-order valence-corrected chi connectivity index (χ1v) is 8.60. The molecule has 0 bridgehead atoms. The highest BCUT2D eigenvalue weighted by Crippen LogP contribution is 2.28. The average molecular weight is 357 g/mol. The number of hydrogen-bond acceptors (Lipinski definition) is 2. The van der Waals surface area contributed by atoms with E-state index in [1.807, 2.05) is 30.3 Å². The molecule has 0 aromatic heterocycles. The zero-order valence-corrected chi connectivity index (χ0v) is 15.0. The molecule has 0 aliphatic carbocycles. The van der Waals surface area contributed by atoms with Crippen LogP contribution in [0.25, 0.3) is 0 Å². The van der Waals surface area contributed by atoms with Gasteiger partial charge in [0.25, 0.3) is 0 Å². The molecule has 2 N–H and O–H groups in total. The fourth-order valence-corrected chi connectivity index (χ4v) is 2.81. The average Bonchev–Trinajstić information content (AvgIpc) is 2.62. The summed E-state index contributed by atoms with van der Waals surface area (Å²) < 4.78 is 13.0. The van der Waals surface area contributed by atoms with E-state index < -0.39 is 17.7 Å². The molecule has 0 aliphatic rings. The number of amides is 1. The fraction of sp³-hybridized carbons (Fsp3) is 0.333. The van der Waals surface area contributed by atoms with Gasteiger partial charge in [0.2, 0.25) is 5.91 Å². The molecule has 1 amide bonds. The molecule has 0 heterocycles. The number of rotatable bonds is 8. The van der Waals surface area contributed by atoms with E-state index in [1.165, 1.54) is 24.3 Å². The fourth-order valence-electron chi connectivity index (χ4n) is 2.81. The monoisotopic (exact) mass is 357 g/mol.